The van der Waals surface area contributed by atoms with Crippen LogP contribution in [0.2, 0.25) is 0 Å². The Kier molecular flexibility index (Phi) is 5.44. The van der Waals surface area contributed by atoms with Crippen molar-refractivity contribution in [2.75, 3.05) is 0 Å². The van der Waals surface area contributed by atoms with Gasteiger partial charge >= 0.3 is 0 Å². The molecule has 0 radical (unpaired) electrons. The highest BCUT2D eigenvalue weighted by atomic mass is 16.7. The largest absolute Gasteiger partial charge is 0.447 e. The molecule has 6 heteroatoms. The lowest BCUT2D eigenvalue weighted by atomic mass is 9.49. The van der Waals surface area contributed by atoms with Gasteiger partial charge in [0.2, 0.25) is 11.7 Å². The molecule has 0 spiro atoms. The summed E-state index contributed by atoms with van der Waals surface area (Å²) >= 11 is 0. The van der Waals surface area contributed by atoms with Gasteiger partial charge in [-0.25, -0.2) is 0 Å². The van der Waals surface area contributed by atoms with Gasteiger partial charge in [0.15, 0.2) is 10.8 Å². The molecule has 1 aliphatic carbocycles. The van der Waals surface area contributed by atoms with Gasteiger partial charge in [0.05, 0.1) is 30.2 Å². The summed E-state index contributed by atoms with van der Waals surface area (Å²) in [4.78, 5) is 0. The van der Waals surface area contributed by atoms with Crippen LogP contribution in [0.5, 0.6) is 0 Å². The van der Waals surface area contributed by atoms with Gasteiger partial charge in [-0.2, -0.15) is 15.8 Å². The first-order chi connectivity index (χ1) is 13.7. The van der Waals surface area contributed by atoms with E-state index in [1.54, 1.807) is 0 Å². The van der Waals surface area contributed by atoms with E-state index >= 15 is 0 Å². The number of nitrogens with zero attached hydrogens (tertiary/aromatic N) is 3. The zero-order chi connectivity index (χ0) is 21.5. The second kappa shape index (κ2) is 7.30. The van der Waals surface area contributed by atoms with E-state index in [4.69, 9.17) is 14.9 Å². The maximum absolute atomic E-state index is 10.4. The van der Waals surface area contributed by atoms with Crippen LogP contribution < -0.4 is 0 Å². The van der Waals surface area contributed by atoms with Crippen molar-refractivity contribution in [2.45, 2.75) is 91.0 Å². The minimum Gasteiger partial charge on any atom is -0.447 e. The molecule has 29 heavy (non-hydrogen) atoms. The first-order valence-corrected chi connectivity index (χ1v) is 10.9. The van der Waals surface area contributed by atoms with Crippen LogP contribution >= 0.6 is 0 Å². The van der Waals surface area contributed by atoms with Crippen LogP contribution in [0, 0.1) is 67.5 Å². The van der Waals surface area contributed by atoms with Crippen molar-refractivity contribution in [1.82, 2.24) is 0 Å². The number of nitriles is 3. The van der Waals surface area contributed by atoms with E-state index in [0.717, 1.165) is 32.1 Å². The maximum atomic E-state index is 10.4. The zero-order valence-corrected chi connectivity index (χ0v) is 18.0. The number of unbranched alkanes of at least 4 members (excludes halogenated alkanes) is 3. The topological polar surface area (TPSA) is 114 Å². The Hall–Kier alpha value is -2.10. The monoisotopic (exact) mass is 396 g/mol. The first-order valence-electron chi connectivity index (χ1n) is 10.9. The Morgan fingerprint density at radius 3 is 2.34 bits per heavy atom. The van der Waals surface area contributed by atoms with Crippen LogP contribution in [-0.4, -0.2) is 17.8 Å². The molecule has 3 rings (SSSR count). The lowest BCUT2D eigenvalue weighted by molar-refractivity contribution is -0.299. The van der Waals surface area contributed by atoms with Gasteiger partial charge in [-0.15, -0.1) is 0 Å². The molecule has 0 aromatic rings. The second-order valence-electron chi connectivity index (χ2n) is 10.0. The number of ether oxygens (including phenoxy) is 2. The van der Waals surface area contributed by atoms with Gasteiger partial charge in [0, 0.05) is 6.42 Å². The fourth-order valence-corrected chi connectivity index (χ4v) is 5.75. The van der Waals surface area contributed by atoms with Crippen molar-refractivity contribution >= 4 is 5.90 Å². The third kappa shape index (κ3) is 2.86. The molecule has 5 unspecified atom stereocenters. The van der Waals surface area contributed by atoms with Crippen LogP contribution in [0.15, 0.2) is 0 Å². The van der Waals surface area contributed by atoms with Crippen molar-refractivity contribution in [3.63, 3.8) is 0 Å². The summed E-state index contributed by atoms with van der Waals surface area (Å²) in [6.45, 7) is 8.64. The highest BCUT2D eigenvalue weighted by Crippen LogP contribution is 2.68. The molecule has 6 nitrogen and oxygen atoms in total. The maximum Gasteiger partial charge on any atom is 0.217 e. The standard InChI is InChI=1S/C23H32N4O2/c1-5-6-7-8-9-18-21(13-24,14-25)22(15-26)17-12-16(20(2,3)4)10-11-23(17,28-18)29-19(22)27/h16-18,27H,5-12H2,1-4H3. The molecular formula is C23H32N4O2. The van der Waals surface area contributed by atoms with Gasteiger partial charge in [-0.1, -0.05) is 53.4 Å². The molecular weight excluding hydrogens is 364 g/mol. The molecule has 2 bridgehead atoms. The summed E-state index contributed by atoms with van der Waals surface area (Å²) in [5.74, 6) is -1.47. The molecule has 0 aromatic carbocycles. The van der Waals surface area contributed by atoms with E-state index < -0.39 is 28.6 Å². The Balaban J connectivity index is 2.06. The van der Waals surface area contributed by atoms with Gasteiger partial charge in [0.25, 0.3) is 0 Å². The Bertz CT molecular complexity index is 782. The van der Waals surface area contributed by atoms with Crippen LogP contribution in [0.25, 0.3) is 0 Å². The number of hydrogen-bond donors (Lipinski definition) is 1. The molecule has 1 saturated carbocycles. The second-order valence-corrected chi connectivity index (χ2v) is 10.0. The van der Waals surface area contributed by atoms with E-state index in [1.165, 1.54) is 0 Å². The fraction of sp³-hybridized carbons (Fsp3) is 0.826. The van der Waals surface area contributed by atoms with E-state index in [9.17, 15) is 15.8 Å². The van der Waals surface area contributed by atoms with Crippen molar-refractivity contribution in [1.29, 1.82) is 21.2 Å². The van der Waals surface area contributed by atoms with E-state index in [0.29, 0.717) is 25.2 Å². The molecule has 2 saturated heterocycles. The molecule has 3 fully saturated rings. The highest BCUT2D eigenvalue weighted by molar-refractivity contribution is 5.89. The Morgan fingerprint density at radius 1 is 1.10 bits per heavy atom. The quantitative estimate of drug-likeness (QED) is 0.652. The minimum atomic E-state index is -1.73. The molecule has 2 heterocycles. The molecule has 0 amide bonds. The van der Waals surface area contributed by atoms with Crippen LogP contribution in [0.3, 0.4) is 0 Å². The van der Waals surface area contributed by atoms with Gasteiger partial charge in [0.1, 0.15) is 0 Å². The van der Waals surface area contributed by atoms with Crippen molar-refractivity contribution in [2.24, 2.45) is 28.1 Å². The average molecular weight is 397 g/mol. The average Bonchev–Trinajstić information content (AvgIpc) is 2.89. The third-order valence-electron chi connectivity index (χ3n) is 7.57. The molecule has 5 atom stereocenters. The van der Waals surface area contributed by atoms with Crippen LogP contribution in [0.4, 0.5) is 0 Å². The van der Waals surface area contributed by atoms with Gasteiger partial charge in [-0.3, -0.25) is 5.41 Å². The number of hydrogen-bond acceptors (Lipinski definition) is 6. The lowest BCUT2D eigenvalue weighted by Gasteiger charge is -2.54. The Morgan fingerprint density at radius 2 is 1.79 bits per heavy atom. The summed E-state index contributed by atoms with van der Waals surface area (Å²) in [5.41, 5.74) is -3.28. The first kappa shape index (κ1) is 21.6. The smallest absolute Gasteiger partial charge is 0.217 e. The van der Waals surface area contributed by atoms with E-state index in [-0.39, 0.29) is 11.3 Å². The molecule has 156 valence electrons. The van der Waals surface area contributed by atoms with Crippen molar-refractivity contribution in [3.05, 3.63) is 0 Å². The molecule has 3 aliphatic rings. The predicted octanol–water partition coefficient (Wildman–Crippen LogP) is 5.07. The summed E-state index contributed by atoms with van der Waals surface area (Å²) in [6, 6.07) is 6.60. The molecule has 2 aliphatic heterocycles. The minimum absolute atomic E-state index is 0.0266. The van der Waals surface area contributed by atoms with Gasteiger partial charge in [-0.05, 0) is 30.6 Å². The fourth-order valence-electron chi connectivity index (χ4n) is 5.75. The predicted molar refractivity (Wildman–Crippen MR) is 107 cm³/mol. The summed E-state index contributed by atoms with van der Waals surface area (Å²) in [6.07, 6.45) is 5.87. The lowest BCUT2D eigenvalue weighted by Crippen LogP contribution is -2.64. The van der Waals surface area contributed by atoms with Gasteiger partial charge < -0.3 is 9.47 Å². The molecule has 0 aromatic heterocycles. The van der Waals surface area contributed by atoms with Crippen LogP contribution in [-0.2, 0) is 9.47 Å². The number of rotatable bonds is 5. The van der Waals surface area contributed by atoms with Crippen molar-refractivity contribution < 1.29 is 9.47 Å². The molecule has 1 N–H and O–H groups in total. The van der Waals surface area contributed by atoms with E-state index in [1.807, 2.05) is 0 Å². The van der Waals surface area contributed by atoms with Crippen LogP contribution in [0.1, 0.15) is 79.1 Å². The zero-order valence-electron chi connectivity index (χ0n) is 18.0. The highest BCUT2D eigenvalue weighted by Gasteiger charge is 2.80. The normalized spacial score (nSPS) is 37.6. The van der Waals surface area contributed by atoms with Crippen molar-refractivity contribution in [3.8, 4) is 18.2 Å². The summed E-state index contributed by atoms with van der Waals surface area (Å²) in [7, 11) is 0. The SMILES string of the molecule is CCCCCCC1OC23CCC(C(C)(C)C)CC2C(C#N)(C(=N)O3)C1(C#N)C#N. The number of nitrogens with one attached hydrogen (secondary N) is 1. The summed E-state index contributed by atoms with van der Waals surface area (Å²) in [5, 5.41) is 39.4. The van der Waals surface area contributed by atoms with E-state index in [2.05, 4.69) is 45.9 Å². The Labute approximate surface area is 174 Å². The summed E-state index contributed by atoms with van der Waals surface area (Å²) < 4.78 is 12.4. The third-order valence-corrected chi connectivity index (χ3v) is 7.57.